The van der Waals surface area contributed by atoms with E-state index in [1.165, 1.54) is 6.92 Å². The van der Waals surface area contributed by atoms with Gasteiger partial charge in [0.15, 0.2) is 0 Å². The van der Waals surface area contributed by atoms with Crippen LogP contribution in [0.25, 0.3) is 0 Å². The number of fused-ring (bicyclic) bond motifs is 1. The van der Waals surface area contributed by atoms with Gasteiger partial charge < -0.3 is 19.7 Å². The number of rotatable bonds is 3. The Bertz CT molecular complexity index is 558. The third-order valence-corrected chi connectivity index (χ3v) is 4.89. The van der Waals surface area contributed by atoms with Crippen molar-refractivity contribution < 1.29 is 32.3 Å². The maximum absolute atomic E-state index is 12.6. The van der Waals surface area contributed by atoms with Gasteiger partial charge in [0.2, 0.25) is 11.5 Å². The Hall–Kier alpha value is -1.80. The van der Waals surface area contributed by atoms with E-state index in [0.717, 1.165) is 26.1 Å². The third kappa shape index (κ3) is 8.22. The summed E-state index contributed by atoms with van der Waals surface area (Å²) in [7, 11) is 0. The lowest BCUT2D eigenvalue weighted by atomic mass is 10.1. The van der Waals surface area contributed by atoms with E-state index in [1.807, 2.05) is 0 Å². The molecule has 2 rings (SSSR count). The molecule has 6 nitrogen and oxygen atoms in total. The maximum Gasteiger partial charge on any atom is 0.427 e. The molecule has 2 fully saturated rings. The molecule has 1 aliphatic heterocycles. The van der Waals surface area contributed by atoms with Gasteiger partial charge in [-0.1, -0.05) is 34.6 Å². The summed E-state index contributed by atoms with van der Waals surface area (Å²) < 4.78 is 42.1. The van der Waals surface area contributed by atoms with Crippen LogP contribution in [0.4, 0.5) is 18.0 Å². The predicted octanol–water partition coefficient (Wildman–Crippen LogP) is 4.04. The number of piperidine rings is 1. The highest BCUT2D eigenvalue weighted by molar-refractivity contribution is 5.82. The van der Waals surface area contributed by atoms with E-state index < -0.39 is 17.9 Å². The molecule has 170 valence electrons. The molecule has 2 unspecified atom stereocenters. The monoisotopic (exact) mass is 424 g/mol. The van der Waals surface area contributed by atoms with E-state index in [2.05, 4.69) is 44.7 Å². The number of alkyl halides is 3. The van der Waals surface area contributed by atoms with Crippen molar-refractivity contribution in [1.29, 1.82) is 0 Å². The summed E-state index contributed by atoms with van der Waals surface area (Å²) in [4.78, 5) is 33.8. The van der Waals surface area contributed by atoms with Crippen LogP contribution >= 0.6 is 0 Å². The number of alkyl carbamates (subject to hydrolysis) is 1. The Morgan fingerprint density at radius 1 is 1.17 bits per heavy atom. The highest BCUT2D eigenvalue weighted by Gasteiger charge is 2.62. The molecule has 29 heavy (non-hydrogen) atoms. The van der Waals surface area contributed by atoms with Crippen LogP contribution < -0.4 is 5.32 Å². The molecule has 1 heterocycles. The molecule has 2 amide bonds. The van der Waals surface area contributed by atoms with Crippen molar-refractivity contribution in [3.63, 3.8) is 0 Å². The molecule has 2 aliphatic rings. The third-order valence-electron chi connectivity index (χ3n) is 4.89. The van der Waals surface area contributed by atoms with Crippen LogP contribution in [0, 0.1) is 23.2 Å². The van der Waals surface area contributed by atoms with Crippen molar-refractivity contribution in [2.75, 3.05) is 19.6 Å². The highest BCUT2D eigenvalue weighted by Crippen LogP contribution is 2.61. The molecule has 0 radical (unpaired) electrons. The molecule has 0 aromatic carbocycles. The van der Waals surface area contributed by atoms with Gasteiger partial charge in [-0.15, -0.1) is 0 Å². The number of carbonyl (C=O) groups is 3. The van der Waals surface area contributed by atoms with E-state index in [4.69, 9.17) is 4.79 Å². The van der Waals surface area contributed by atoms with E-state index in [-0.39, 0.29) is 17.9 Å². The first-order valence-corrected chi connectivity index (χ1v) is 9.72. The maximum atomic E-state index is 12.6. The Morgan fingerprint density at radius 3 is 1.90 bits per heavy atom. The number of amides is 2. The zero-order chi connectivity index (χ0) is 23.2. The van der Waals surface area contributed by atoms with Gasteiger partial charge >= 0.3 is 12.3 Å². The first-order chi connectivity index (χ1) is 13.0. The average Bonchev–Trinajstić information content (AvgIpc) is 2.87. The van der Waals surface area contributed by atoms with Crippen LogP contribution in [0.2, 0.25) is 0 Å². The summed E-state index contributed by atoms with van der Waals surface area (Å²) in [5.74, 6) is 1.49. The minimum atomic E-state index is -4.67. The Morgan fingerprint density at radius 2 is 1.55 bits per heavy atom. The van der Waals surface area contributed by atoms with Gasteiger partial charge in [0, 0.05) is 13.1 Å². The zero-order valence-electron chi connectivity index (χ0n) is 18.6. The van der Waals surface area contributed by atoms with E-state index in [9.17, 15) is 22.8 Å². The molecule has 1 aliphatic carbocycles. The fourth-order valence-corrected chi connectivity index (χ4v) is 2.92. The number of hydrogen-bond donors (Lipinski definition) is 1. The second kappa shape index (κ2) is 10.3. The Labute approximate surface area is 171 Å². The topological polar surface area (TPSA) is 75.7 Å². The number of aldehydes is 1. The van der Waals surface area contributed by atoms with Gasteiger partial charge in [-0.3, -0.25) is 4.79 Å². The molecular weight excluding hydrogens is 389 g/mol. The second-order valence-electron chi connectivity index (χ2n) is 9.05. The van der Waals surface area contributed by atoms with Gasteiger partial charge in [0.1, 0.15) is 12.8 Å². The summed E-state index contributed by atoms with van der Waals surface area (Å²) in [5.41, 5.74) is -2.33. The molecule has 1 N–H and O–H groups in total. The number of carbonyl (C=O) groups excluding carboxylic acids is 3. The van der Waals surface area contributed by atoms with Crippen LogP contribution in [0.15, 0.2) is 0 Å². The minimum absolute atomic E-state index is 0.264. The Balaban J connectivity index is 0.000000975. The number of nitrogens with zero attached hydrogens (tertiary/aromatic N) is 1. The average molecular weight is 425 g/mol. The van der Waals surface area contributed by atoms with E-state index >= 15 is 0 Å². The molecule has 0 aromatic heterocycles. The molecule has 1 saturated heterocycles. The van der Waals surface area contributed by atoms with Crippen molar-refractivity contribution >= 4 is 18.3 Å². The van der Waals surface area contributed by atoms with Gasteiger partial charge in [-0.2, -0.15) is 13.2 Å². The summed E-state index contributed by atoms with van der Waals surface area (Å²) in [6.45, 7) is 14.7. The quantitative estimate of drug-likeness (QED) is 0.694. The van der Waals surface area contributed by atoms with Crippen molar-refractivity contribution in [2.24, 2.45) is 23.2 Å². The van der Waals surface area contributed by atoms with Crippen molar-refractivity contribution in [3.8, 4) is 0 Å². The fourth-order valence-electron chi connectivity index (χ4n) is 2.92. The van der Waals surface area contributed by atoms with Gasteiger partial charge in [0.05, 0.1) is 0 Å². The zero-order valence-corrected chi connectivity index (χ0v) is 18.6. The molecular formula is C20H35F3N2O4. The number of nitrogens with one attached hydrogen (secondary N) is 1. The van der Waals surface area contributed by atoms with Crippen LogP contribution in [0.3, 0.4) is 0 Å². The lowest BCUT2D eigenvalue weighted by molar-refractivity contribution is -0.243. The van der Waals surface area contributed by atoms with Gasteiger partial charge in [0.25, 0.3) is 0 Å². The van der Waals surface area contributed by atoms with E-state index in [1.54, 1.807) is 4.90 Å². The summed E-state index contributed by atoms with van der Waals surface area (Å²) in [5, 5.41) is 2.09. The number of halogens is 3. The predicted molar refractivity (Wildman–Crippen MR) is 104 cm³/mol. The summed E-state index contributed by atoms with van der Waals surface area (Å²) >= 11 is 0. The Kier molecular flexibility index (Phi) is 9.66. The van der Waals surface area contributed by atoms with Crippen molar-refractivity contribution in [3.05, 3.63) is 0 Å². The molecule has 0 aromatic rings. The van der Waals surface area contributed by atoms with Crippen molar-refractivity contribution in [2.45, 2.75) is 67.2 Å². The molecule has 2 atom stereocenters. The van der Waals surface area contributed by atoms with Crippen LogP contribution in [0.1, 0.15) is 55.4 Å². The molecule has 9 heteroatoms. The number of hydrogen-bond acceptors (Lipinski definition) is 4. The fraction of sp³-hybridized carbons (Fsp3) is 0.850. The lowest BCUT2D eigenvalue weighted by Crippen LogP contribution is -2.47. The van der Waals surface area contributed by atoms with E-state index in [0.29, 0.717) is 24.9 Å². The number of ether oxygens (including phenoxy) is 1. The highest BCUT2D eigenvalue weighted by atomic mass is 19.4. The van der Waals surface area contributed by atoms with Crippen LogP contribution in [-0.4, -0.2) is 54.6 Å². The molecule has 0 spiro atoms. The summed E-state index contributed by atoms with van der Waals surface area (Å²) in [6, 6.07) is 0. The summed E-state index contributed by atoms with van der Waals surface area (Å²) in [6.07, 6.45) is -5.17. The minimum Gasteiger partial charge on any atom is -0.434 e. The number of likely N-dealkylation sites (tertiary alicyclic amines) is 1. The standard InChI is InChI=1S/C14H21F3N2O3.C4H10.C2H4O/c1-12(2)8-6-19(7-9(8)12)10(20)5-18-11(21)22-13(3,4)14(15,16)17;1-4(2)3;1-2-3/h8-9H,5-7H2,1-4H3,(H,18,21);4H,1-3H3;2H,1H3. The lowest BCUT2D eigenvalue weighted by Gasteiger charge is -2.27. The van der Waals surface area contributed by atoms with Crippen LogP contribution in [-0.2, 0) is 14.3 Å². The van der Waals surface area contributed by atoms with Gasteiger partial charge in [-0.25, -0.2) is 4.79 Å². The SMILES string of the molecule is CC(C)C.CC1(C)C2CN(C(=O)CNC(=O)OC(C)(C)C(F)(F)F)CC21.CC=O. The smallest absolute Gasteiger partial charge is 0.427 e. The molecule has 0 bridgehead atoms. The molecule has 1 saturated carbocycles. The second-order valence-corrected chi connectivity index (χ2v) is 9.05. The first-order valence-electron chi connectivity index (χ1n) is 9.72. The van der Waals surface area contributed by atoms with Crippen molar-refractivity contribution in [1.82, 2.24) is 10.2 Å². The van der Waals surface area contributed by atoms with Crippen LogP contribution in [0.5, 0.6) is 0 Å². The first kappa shape index (κ1) is 27.2. The normalized spacial score (nSPS) is 21.7. The largest absolute Gasteiger partial charge is 0.434 e. The van der Waals surface area contributed by atoms with Gasteiger partial charge in [-0.05, 0) is 43.9 Å².